The number of carbonyl (C=O) groups is 3. The van der Waals surface area contributed by atoms with Crippen molar-refractivity contribution in [1.82, 2.24) is 5.32 Å². The lowest BCUT2D eigenvalue weighted by atomic mass is 9.99. The van der Waals surface area contributed by atoms with Crippen molar-refractivity contribution in [2.24, 2.45) is 0 Å². The van der Waals surface area contributed by atoms with Crippen LogP contribution >= 0.6 is 11.3 Å². The molecular weight excluding hydrogens is 254 g/mol. The van der Waals surface area contributed by atoms with E-state index in [1.54, 1.807) is 12.3 Å². The number of rotatable bonds is 5. The van der Waals surface area contributed by atoms with E-state index >= 15 is 0 Å². The molecule has 1 atom stereocenters. The lowest BCUT2D eigenvalue weighted by Gasteiger charge is -2.24. The molecule has 18 heavy (non-hydrogen) atoms. The van der Waals surface area contributed by atoms with Gasteiger partial charge in [-0.05, 0) is 26.3 Å². The Hall–Kier alpha value is -1.69. The molecule has 0 saturated heterocycles. The summed E-state index contributed by atoms with van der Waals surface area (Å²) in [7, 11) is 0. The molecule has 0 spiro atoms. The molecule has 0 fully saturated rings. The average molecular weight is 269 g/mol. The summed E-state index contributed by atoms with van der Waals surface area (Å²) in [5.74, 6) is -1.68. The largest absolute Gasteiger partial charge is 0.480 e. The van der Waals surface area contributed by atoms with Crippen LogP contribution in [0.25, 0.3) is 0 Å². The van der Waals surface area contributed by atoms with Gasteiger partial charge in [0.15, 0.2) is 5.78 Å². The van der Waals surface area contributed by atoms with Gasteiger partial charge in [-0.3, -0.25) is 9.59 Å². The molecule has 1 aromatic heterocycles. The summed E-state index contributed by atoms with van der Waals surface area (Å²) in [4.78, 5) is 34.4. The van der Waals surface area contributed by atoms with Crippen LogP contribution in [0.5, 0.6) is 0 Å². The molecule has 1 rings (SSSR count). The van der Waals surface area contributed by atoms with Gasteiger partial charge in [0.05, 0.1) is 4.88 Å². The first-order valence-electron chi connectivity index (χ1n) is 5.45. The molecule has 0 aliphatic rings. The third-order valence-electron chi connectivity index (χ3n) is 2.80. The predicted molar refractivity (Wildman–Crippen MR) is 68.1 cm³/mol. The summed E-state index contributed by atoms with van der Waals surface area (Å²) in [6, 6.07) is 1.47. The van der Waals surface area contributed by atoms with E-state index in [4.69, 9.17) is 5.11 Å². The summed E-state index contributed by atoms with van der Waals surface area (Å²) in [6.45, 7) is 4.55. The molecule has 0 aromatic carbocycles. The predicted octanol–water partition coefficient (Wildman–Crippen LogP) is 1.93. The minimum Gasteiger partial charge on any atom is -0.480 e. The second kappa shape index (κ2) is 5.30. The van der Waals surface area contributed by atoms with Gasteiger partial charge in [-0.15, -0.1) is 11.3 Å². The second-order valence-electron chi connectivity index (χ2n) is 4.20. The highest BCUT2D eigenvalue weighted by Crippen LogP contribution is 2.17. The van der Waals surface area contributed by atoms with Gasteiger partial charge < -0.3 is 10.4 Å². The highest BCUT2D eigenvalue weighted by molar-refractivity contribution is 7.12. The number of ketones is 1. The SMILES string of the molecule is CCC(C)(NC(=O)c1cc(C(C)=O)cs1)C(=O)O. The molecule has 5 nitrogen and oxygen atoms in total. The third kappa shape index (κ3) is 2.95. The van der Waals surface area contributed by atoms with E-state index in [2.05, 4.69) is 5.32 Å². The summed E-state index contributed by atoms with van der Waals surface area (Å²) in [5.41, 5.74) is -0.837. The maximum atomic E-state index is 11.9. The average Bonchev–Trinajstić information content (AvgIpc) is 2.77. The number of thiophene rings is 1. The van der Waals surface area contributed by atoms with Crippen LogP contribution in [0.15, 0.2) is 11.4 Å². The molecule has 0 aliphatic heterocycles. The van der Waals surface area contributed by atoms with Crippen LogP contribution in [0.2, 0.25) is 0 Å². The van der Waals surface area contributed by atoms with Crippen LogP contribution in [-0.4, -0.2) is 28.3 Å². The molecule has 1 amide bonds. The van der Waals surface area contributed by atoms with Crippen molar-refractivity contribution >= 4 is 29.0 Å². The summed E-state index contributed by atoms with van der Waals surface area (Å²) in [5, 5.41) is 13.1. The third-order valence-corrected chi connectivity index (χ3v) is 3.73. The Morgan fingerprint density at radius 2 is 2.06 bits per heavy atom. The van der Waals surface area contributed by atoms with Gasteiger partial charge in [0.1, 0.15) is 5.54 Å². The fraction of sp³-hybridized carbons (Fsp3) is 0.417. The van der Waals surface area contributed by atoms with Crippen LogP contribution in [0, 0.1) is 0 Å². The van der Waals surface area contributed by atoms with Crippen molar-refractivity contribution in [2.75, 3.05) is 0 Å². The first-order valence-corrected chi connectivity index (χ1v) is 6.33. The topological polar surface area (TPSA) is 83.5 Å². The van der Waals surface area contributed by atoms with E-state index in [1.807, 2.05) is 0 Å². The van der Waals surface area contributed by atoms with Gasteiger partial charge in [-0.25, -0.2) is 4.79 Å². The lowest BCUT2D eigenvalue weighted by molar-refractivity contribution is -0.143. The van der Waals surface area contributed by atoms with Crippen molar-refractivity contribution in [3.05, 3.63) is 21.9 Å². The van der Waals surface area contributed by atoms with E-state index in [0.29, 0.717) is 10.4 Å². The number of carboxylic acid groups (broad SMARTS) is 1. The normalized spacial score (nSPS) is 13.7. The van der Waals surface area contributed by atoms with Gasteiger partial charge in [0, 0.05) is 10.9 Å². The molecule has 0 radical (unpaired) electrons. The maximum Gasteiger partial charge on any atom is 0.329 e. The van der Waals surface area contributed by atoms with Gasteiger partial charge >= 0.3 is 5.97 Å². The number of carboxylic acids is 1. The number of hydrogen-bond acceptors (Lipinski definition) is 4. The van der Waals surface area contributed by atoms with Crippen molar-refractivity contribution in [1.29, 1.82) is 0 Å². The zero-order chi connectivity index (χ0) is 13.9. The Morgan fingerprint density at radius 3 is 2.44 bits per heavy atom. The molecule has 1 aromatic rings. The van der Waals surface area contributed by atoms with Crippen LogP contribution in [0.3, 0.4) is 0 Å². The second-order valence-corrected chi connectivity index (χ2v) is 5.11. The maximum absolute atomic E-state index is 11.9. The van der Waals surface area contributed by atoms with E-state index in [1.165, 1.54) is 19.9 Å². The van der Waals surface area contributed by atoms with E-state index in [9.17, 15) is 14.4 Å². The first kappa shape index (κ1) is 14.4. The Morgan fingerprint density at radius 1 is 1.44 bits per heavy atom. The van der Waals surface area contributed by atoms with Crippen molar-refractivity contribution in [3.8, 4) is 0 Å². The Labute approximate surface area is 109 Å². The van der Waals surface area contributed by atoms with Crippen LogP contribution in [-0.2, 0) is 4.79 Å². The zero-order valence-electron chi connectivity index (χ0n) is 10.4. The number of carbonyl (C=O) groups excluding carboxylic acids is 2. The Bertz CT molecular complexity index is 494. The van der Waals surface area contributed by atoms with E-state index in [-0.39, 0.29) is 12.2 Å². The number of hydrogen-bond donors (Lipinski definition) is 2. The Balaban J connectivity index is 2.88. The zero-order valence-corrected chi connectivity index (χ0v) is 11.3. The molecule has 0 bridgehead atoms. The first-order chi connectivity index (χ1) is 8.30. The number of aliphatic carboxylic acids is 1. The van der Waals surface area contributed by atoms with Crippen molar-refractivity contribution < 1.29 is 19.5 Å². The molecule has 6 heteroatoms. The molecule has 98 valence electrons. The van der Waals surface area contributed by atoms with Crippen LogP contribution < -0.4 is 5.32 Å². The number of amides is 1. The molecule has 0 aliphatic carbocycles. The van der Waals surface area contributed by atoms with E-state index < -0.39 is 17.4 Å². The summed E-state index contributed by atoms with van der Waals surface area (Å²) < 4.78 is 0. The number of nitrogens with one attached hydrogen (secondary N) is 1. The van der Waals surface area contributed by atoms with Crippen molar-refractivity contribution in [2.45, 2.75) is 32.7 Å². The molecule has 1 heterocycles. The quantitative estimate of drug-likeness (QED) is 0.800. The van der Waals surface area contributed by atoms with Gasteiger partial charge in [-0.1, -0.05) is 6.92 Å². The van der Waals surface area contributed by atoms with Crippen molar-refractivity contribution in [3.63, 3.8) is 0 Å². The van der Waals surface area contributed by atoms with Gasteiger partial charge in [0.25, 0.3) is 5.91 Å². The minimum absolute atomic E-state index is 0.123. The fourth-order valence-electron chi connectivity index (χ4n) is 1.25. The van der Waals surface area contributed by atoms with E-state index in [0.717, 1.165) is 11.3 Å². The Kier molecular flexibility index (Phi) is 4.24. The van der Waals surface area contributed by atoms with Gasteiger partial charge in [0.2, 0.25) is 0 Å². The van der Waals surface area contributed by atoms with Gasteiger partial charge in [-0.2, -0.15) is 0 Å². The van der Waals surface area contributed by atoms with Crippen LogP contribution in [0.1, 0.15) is 47.2 Å². The summed E-state index contributed by atoms with van der Waals surface area (Å²) >= 11 is 1.12. The highest BCUT2D eigenvalue weighted by Gasteiger charge is 2.33. The molecule has 0 saturated carbocycles. The molecule has 2 N–H and O–H groups in total. The monoisotopic (exact) mass is 269 g/mol. The minimum atomic E-state index is -1.29. The molecule has 1 unspecified atom stereocenters. The number of Topliss-reactive ketones (excluding diaryl/α,β-unsaturated/α-hetero) is 1. The fourth-order valence-corrected chi connectivity index (χ4v) is 2.09. The highest BCUT2D eigenvalue weighted by atomic mass is 32.1. The molecular formula is C12H15NO4S. The lowest BCUT2D eigenvalue weighted by Crippen LogP contribution is -2.51. The standard InChI is InChI=1S/C12H15NO4S/c1-4-12(3,11(16)17)13-10(15)9-5-8(6-18-9)7(2)14/h5-6H,4H2,1-3H3,(H,13,15)(H,16,17). The summed E-state index contributed by atoms with van der Waals surface area (Å²) in [6.07, 6.45) is 0.277. The van der Waals surface area contributed by atoms with Crippen LogP contribution in [0.4, 0.5) is 0 Å². The smallest absolute Gasteiger partial charge is 0.329 e.